The maximum atomic E-state index is 12.4. The number of nitrogens with zero attached hydrogens (tertiary/aromatic N) is 2. The van der Waals surface area contributed by atoms with Crippen LogP contribution in [0.15, 0.2) is 18.2 Å². The monoisotopic (exact) mass is 452 g/mol. The van der Waals surface area contributed by atoms with E-state index < -0.39 is 10.9 Å². The van der Waals surface area contributed by atoms with Crippen LogP contribution in [0.1, 0.15) is 25.6 Å². The Morgan fingerprint density at radius 1 is 1.23 bits per heavy atom. The van der Waals surface area contributed by atoms with Crippen molar-refractivity contribution in [2.75, 3.05) is 38.9 Å². The zero-order chi connectivity index (χ0) is 22.6. The van der Waals surface area contributed by atoms with E-state index in [0.717, 1.165) is 11.3 Å². The second-order valence-electron chi connectivity index (χ2n) is 6.17. The number of benzene rings is 1. The number of esters is 1. The van der Waals surface area contributed by atoms with E-state index in [2.05, 4.69) is 10.6 Å². The number of nitrogens with one attached hydrogen (secondary N) is 2. The molecule has 1 aromatic carbocycles. The molecule has 0 aliphatic rings. The number of hydrogen-bond acceptors (Lipinski definition) is 8. The van der Waals surface area contributed by atoms with Crippen LogP contribution in [0.4, 0.5) is 16.4 Å². The fourth-order valence-electron chi connectivity index (χ4n) is 2.51. The molecule has 0 fully saturated rings. The van der Waals surface area contributed by atoms with Crippen molar-refractivity contribution in [3.05, 3.63) is 44.3 Å². The molecule has 0 spiro atoms. The van der Waals surface area contributed by atoms with Gasteiger partial charge >= 0.3 is 5.97 Å². The van der Waals surface area contributed by atoms with Crippen molar-refractivity contribution in [2.45, 2.75) is 6.92 Å². The second kappa shape index (κ2) is 9.50. The fourth-order valence-corrected chi connectivity index (χ4v) is 4.01. The predicted octanol–water partition coefficient (Wildman–Crippen LogP) is 3.27. The van der Waals surface area contributed by atoms with Gasteiger partial charge in [0.25, 0.3) is 11.6 Å². The number of nitro groups is 1. The number of anilines is 2. The van der Waals surface area contributed by atoms with E-state index in [1.54, 1.807) is 27.1 Å². The van der Waals surface area contributed by atoms with Gasteiger partial charge in [-0.1, -0.05) is 0 Å². The number of carbonyl (C=O) groups excluding carboxylic acids is 2. The lowest BCUT2D eigenvalue weighted by Gasteiger charge is -2.11. The molecule has 0 bridgehead atoms. The van der Waals surface area contributed by atoms with Gasteiger partial charge in [0.15, 0.2) is 5.11 Å². The highest BCUT2D eigenvalue weighted by molar-refractivity contribution is 7.80. The van der Waals surface area contributed by atoms with Crippen LogP contribution in [0.25, 0.3) is 0 Å². The number of carbonyl (C=O) groups is 2. The number of thiocarbonyl (C=S) groups is 1. The van der Waals surface area contributed by atoms with Crippen molar-refractivity contribution >= 4 is 56.9 Å². The molecule has 1 heterocycles. The lowest BCUT2D eigenvalue weighted by atomic mass is 10.1. The molecule has 0 aliphatic heterocycles. The molecule has 0 atom stereocenters. The second-order valence-corrected chi connectivity index (χ2v) is 7.60. The number of hydrogen-bond donors (Lipinski definition) is 2. The minimum Gasteiger partial charge on any atom is -0.496 e. The zero-order valence-corrected chi connectivity index (χ0v) is 18.5. The van der Waals surface area contributed by atoms with Crippen molar-refractivity contribution in [2.24, 2.45) is 0 Å². The Labute approximate surface area is 181 Å². The van der Waals surface area contributed by atoms with Crippen molar-refractivity contribution in [1.82, 2.24) is 4.90 Å². The average Bonchev–Trinajstić information content (AvgIpc) is 3.02. The van der Waals surface area contributed by atoms with Crippen LogP contribution in [0.3, 0.4) is 0 Å². The Bertz CT molecular complexity index is 1020. The molecule has 160 valence electrons. The summed E-state index contributed by atoms with van der Waals surface area (Å²) >= 11 is 6.30. The highest BCUT2D eigenvalue weighted by Gasteiger charge is 2.27. The van der Waals surface area contributed by atoms with Crippen LogP contribution in [0, 0.1) is 17.0 Å². The molecule has 2 rings (SSSR count). The molecule has 0 saturated heterocycles. The SMILES string of the molecule is COC(=O)c1c(NC(=S)Nc2ccc(OC)cc2[N+](=O)[O-])sc(C(=O)N(C)C)c1C. The summed E-state index contributed by atoms with van der Waals surface area (Å²) in [5.74, 6) is -0.595. The zero-order valence-electron chi connectivity index (χ0n) is 16.9. The number of ether oxygens (including phenoxy) is 2. The van der Waals surface area contributed by atoms with Crippen molar-refractivity contribution in [3.8, 4) is 5.75 Å². The largest absolute Gasteiger partial charge is 0.496 e. The molecule has 2 N–H and O–H groups in total. The Kier molecular flexibility index (Phi) is 7.29. The summed E-state index contributed by atoms with van der Waals surface area (Å²) in [4.78, 5) is 37.2. The molecule has 1 amide bonds. The van der Waals surface area contributed by atoms with Gasteiger partial charge in [-0.3, -0.25) is 14.9 Å². The van der Waals surface area contributed by atoms with Crippen molar-refractivity contribution in [1.29, 1.82) is 0 Å². The number of amides is 1. The maximum Gasteiger partial charge on any atom is 0.341 e. The summed E-state index contributed by atoms with van der Waals surface area (Å²) in [7, 11) is 5.83. The third kappa shape index (κ3) is 4.83. The molecule has 0 aliphatic carbocycles. The first-order chi connectivity index (χ1) is 14.1. The van der Waals surface area contributed by atoms with Gasteiger partial charge in [0.1, 0.15) is 16.4 Å². The first-order valence-corrected chi connectivity index (χ1v) is 9.66. The number of rotatable bonds is 6. The summed E-state index contributed by atoms with van der Waals surface area (Å²) in [6, 6.07) is 4.25. The highest BCUT2D eigenvalue weighted by atomic mass is 32.1. The molecule has 12 heteroatoms. The Balaban J connectivity index is 2.37. The predicted molar refractivity (Wildman–Crippen MR) is 118 cm³/mol. The topological polar surface area (TPSA) is 123 Å². The minimum atomic E-state index is -0.637. The molecule has 2 aromatic rings. The van der Waals surface area contributed by atoms with E-state index in [-0.39, 0.29) is 28.0 Å². The molecule has 30 heavy (non-hydrogen) atoms. The van der Waals surface area contributed by atoms with Gasteiger partial charge in [-0.25, -0.2) is 4.79 Å². The molecule has 0 radical (unpaired) electrons. The number of nitro benzene ring substituents is 1. The van der Waals surface area contributed by atoms with Crippen LogP contribution in [0.5, 0.6) is 5.75 Å². The van der Waals surface area contributed by atoms with E-state index in [1.165, 1.54) is 31.3 Å². The van der Waals surface area contributed by atoms with Gasteiger partial charge in [0.05, 0.1) is 35.6 Å². The molecule has 0 unspecified atom stereocenters. The van der Waals surface area contributed by atoms with Gasteiger partial charge < -0.3 is 25.0 Å². The average molecular weight is 453 g/mol. The van der Waals surface area contributed by atoms with Gasteiger partial charge in [0.2, 0.25) is 0 Å². The summed E-state index contributed by atoms with van der Waals surface area (Å²) in [5, 5.41) is 17.2. The van der Waals surface area contributed by atoms with Gasteiger partial charge in [0, 0.05) is 14.1 Å². The Morgan fingerprint density at radius 3 is 2.43 bits per heavy atom. The lowest BCUT2D eigenvalue weighted by molar-refractivity contribution is -0.384. The third-order valence-electron chi connectivity index (χ3n) is 4.01. The molecular weight excluding hydrogens is 432 g/mol. The fraction of sp³-hybridized carbons (Fsp3) is 0.278. The van der Waals surface area contributed by atoms with E-state index in [0.29, 0.717) is 21.2 Å². The van der Waals surface area contributed by atoms with Crippen molar-refractivity contribution in [3.63, 3.8) is 0 Å². The van der Waals surface area contributed by atoms with Crippen LogP contribution >= 0.6 is 23.6 Å². The molecule has 10 nitrogen and oxygen atoms in total. The molecule has 1 aromatic heterocycles. The Morgan fingerprint density at radius 2 is 1.90 bits per heavy atom. The van der Waals surface area contributed by atoms with Crippen LogP contribution < -0.4 is 15.4 Å². The third-order valence-corrected chi connectivity index (χ3v) is 5.41. The normalized spacial score (nSPS) is 10.2. The summed E-state index contributed by atoms with van der Waals surface area (Å²) in [6.45, 7) is 1.63. The number of methoxy groups -OCH3 is 2. The van der Waals surface area contributed by atoms with Crippen molar-refractivity contribution < 1.29 is 24.0 Å². The first kappa shape index (κ1) is 23.0. The van der Waals surface area contributed by atoms with Gasteiger partial charge in [-0.05, 0) is 36.8 Å². The van der Waals surface area contributed by atoms with Crippen LogP contribution in [0.2, 0.25) is 0 Å². The van der Waals surface area contributed by atoms with E-state index in [9.17, 15) is 19.7 Å². The molecule has 0 saturated carbocycles. The standard InChI is InChI=1S/C18H20N4O6S2/c1-9-13(17(24)28-5)15(30-14(9)16(23)21(2)3)20-18(29)19-11-7-6-10(27-4)8-12(11)22(25)26/h6-8H,1-5H3,(H2,19,20,29). The quantitative estimate of drug-likeness (QED) is 0.294. The van der Waals surface area contributed by atoms with E-state index in [4.69, 9.17) is 21.7 Å². The Hall–Kier alpha value is -3.25. The van der Waals surface area contributed by atoms with E-state index >= 15 is 0 Å². The maximum absolute atomic E-state index is 12.4. The van der Waals surface area contributed by atoms with Crippen LogP contribution in [-0.2, 0) is 4.74 Å². The molecular formula is C18H20N4O6S2. The summed E-state index contributed by atoms with van der Waals surface area (Å²) in [5.41, 5.74) is 0.515. The number of thiophene rings is 1. The van der Waals surface area contributed by atoms with Gasteiger partial charge in [-0.2, -0.15) is 0 Å². The smallest absolute Gasteiger partial charge is 0.341 e. The summed E-state index contributed by atoms with van der Waals surface area (Å²) < 4.78 is 9.83. The van der Waals surface area contributed by atoms with E-state index in [1.807, 2.05) is 0 Å². The summed E-state index contributed by atoms with van der Waals surface area (Å²) in [6.07, 6.45) is 0. The lowest BCUT2D eigenvalue weighted by Crippen LogP contribution is -2.21. The highest BCUT2D eigenvalue weighted by Crippen LogP contribution is 2.35. The first-order valence-electron chi connectivity index (χ1n) is 8.44. The minimum absolute atomic E-state index is 0.00137. The van der Waals surface area contributed by atoms with Gasteiger partial charge in [-0.15, -0.1) is 11.3 Å². The van der Waals surface area contributed by atoms with Crippen LogP contribution in [-0.4, -0.2) is 55.1 Å².